The van der Waals surface area contributed by atoms with Gasteiger partial charge in [-0.05, 0) is 43.0 Å². The number of carbonyl (C=O) groups is 1. The number of hydrogen-bond acceptors (Lipinski definition) is 2. The number of benzene rings is 1. The van der Waals surface area contributed by atoms with Gasteiger partial charge in [-0.1, -0.05) is 38.1 Å². The first kappa shape index (κ1) is 15.3. The molecule has 0 radical (unpaired) electrons. The molecule has 23 heavy (non-hydrogen) atoms. The molecular weight excluding hydrogens is 286 g/mol. The molecular formula is C19H21N3O. The molecule has 4 nitrogen and oxygen atoms in total. The summed E-state index contributed by atoms with van der Waals surface area (Å²) in [6.45, 7) is 6.12. The van der Waals surface area contributed by atoms with E-state index in [-0.39, 0.29) is 5.91 Å². The number of amides is 1. The van der Waals surface area contributed by atoms with Gasteiger partial charge in [0.05, 0.1) is 5.69 Å². The zero-order valence-electron chi connectivity index (χ0n) is 13.8. The van der Waals surface area contributed by atoms with Gasteiger partial charge in [0.15, 0.2) is 0 Å². The van der Waals surface area contributed by atoms with Crippen molar-refractivity contribution in [3.63, 3.8) is 0 Å². The second-order valence-electron chi connectivity index (χ2n) is 5.66. The number of hydrogen-bond donors (Lipinski definition) is 1. The lowest BCUT2D eigenvalue weighted by atomic mass is 10.1. The number of aromatic nitrogens is 2. The fraction of sp³-hybridized carbons (Fsp3) is 0.263. The number of nitrogens with zero attached hydrogens (tertiary/aromatic N) is 2. The number of para-hydroxylation sites is 1. The van der Waals surface area contributed by atoms with E-state index in [9.17, 15) is 4.79 Å². The van der Waals surface area contributed by atoms with Crippen LogP contribution in [-0.2, 0) is 12.8 Å². The molecule has 0 aliphatic rings. The van der Waals surface area contributed by atoms with Crippen LogP contribution < -0.4 is 5.32 Å². The van der Waals surface area contributed by atoms with E-state index in [0.717, 1.165) is 41.0 Å². The Kier molecular flexibility index (Phi) is 4.15. The van der Waals surface area contributed by atoms with Crippen molar-refractivity contribution in [2.75, 3.05) is 5.32 Å². The third-order valence-corrected chi connectivity index (χ3v) is 4.04. The molecule has 0 bridgehead atoms. The Balaban J connectivity index is 2.05. The monoisotopic (exact) mass is 307 g/mol. The van der Waals surface area contributed by atoms with Crippen molar-refractivity contribution < 1.29 is 4.79 Å². The predicted molar refractivity (Wildman–Crippen MR) is 93.1 cm³/mol. The van der Waals surface area contributed by atoms with Crippen LogP contribution >= 0.6 is 0 Å². The second kappa shape index (κ2) is 6.24. The van der Waals surface area contributed by atoms with Gasteiger partial charge >= 0.3 is 0 Å². The predicted octanol–water partition coefficient (Wildman–Crippen LogP) is 4.02. The first-order chi connectivity index (χ1) is 11.1. The minimum atomic E-state index is -0.110. The molecule has 0 saturated carbocycles. The largest absolute Gasteiger partial charge is 0.320 e. The van der Waals surface area contributed by atoms with E-state index in [1.54, 1.807) is 0 Å². The number of rotatable bonds is 4. The highest BCUT2D eigenvalue weighted by molar-refractivity contribution is 6.04. The van der Waals surface area contributed by atoms with Gasteiger partial charge in [0, 0.05) is 11.9 Å². The van der Waals surface area contributed by atoms with E-state index in [1.165, 1.54) is 0 Å². The number of pyridine rings is 1. The van der Waals surface area contributed by atoms with Gasteiger partial charge < -0.3 is 5.32 Å². The number of anilines is 1. The average Bonchev–Trinajstić information content (AvgIpc) is 2.93. The summed E-state index contributed by atoms with van der Waals surface area (Å²) in [6, 6.07) is 11.9. The van der Waals surface area contributed by atoms with Gasteiger partial charge in [-0.25, -0.2) is 4.98 Å². The summed E-state index contributed by atoms with van der Waals surface area (Å²) in [6.07, 6.45) is 3.56. The highest BCUT2D eigenvalue weighted by Gasteiger charge is 2.19. The molecule has 0 spiro atoms. The number of nitrogens with one attached hydrogen (secondary N) is 1. The van der Waals surface area contributed by atoms with E-state index >= 15 is 0 Å². The topological polar surface area (TPSA) is 46.4 Å². The van der Waals surface area contributed by atoms with Crippen molar-refractivity contribution in [2.45, 2.75) is 33.6 Å². The van der Waals surface area contributed by atoms with Crippen molar-refractivity contribution >= 4 is 17.2 Å². The standard InChI is InChI=1S/C19H21N3O/c1-4-14-8-6-7-9-16(14)21-19(23)18-15(5-2)20-17-11-10-13(3)12-22(17)18/h6-12H,4-5H2,1-3H3,(H,21,23). The highest BCUT2D eigenvalue weighted by atomic mass is 16.2. The van der Waals surface area contributed by atoms with Crippen molar-refractivity contribution in [2.24, 2.45) is 0 Å². The Morgan fingerprint density at radius 2 is 1.91 bits per heavy atom. The van der Waals surface area contributed by atoms with Crippen molar-refractivity contribution in [1.29, 1.82) is 0 Å². The van der Waals surface area contributed by atoms with Gasteiger partial charge in [0.25, 0.3) is 5.91 Å². The molecule has 0 saturated heterocycles. The second-order valence-corrected chi connectivity index (χ2v) is 5.66. The summed E-state index contributed by atoms with van der Waals surface area (Å²) >= 11 is 0. The van der Waals surface area contributed by atoms with Crippen LogP contribution in [0, 0.1) is 6.92 Å². The Morgan fingerprint density at radius 1 is 1.13 bits per heavy atom. The van der Waals surface area contributed by atoms with Crippen LogP contribution in [0.15, 0.2) is 42.6 Å². The Bertz CT molecular complexity index is 864. The Labute approximate surface area is 136 Å². The van der Waals surface area contributed by atoms with Crippen LogP contribution in [0.5, 0.6) is 0 Å². The lowest BCUT2D eigenvalue weighted by molar-refractivity contribution is 0.102. The normalized spacial score (nSPS) is 10.9. The molecule has 2 heterocycles. The van der Waals surface area contributed by atoms with Crippen molar-refractivity contribution in [1.82, 2.24) is 9.38 Å². The molecule has 0 atom stereocenters. The molecule has 1 N–H and O–H groups in total. The highest BCUT2D eigenvalue weighted by Crippen LogP contribution is 2.20. The summed E-state index contributed by atoms with van der Waals surface area (Å²) < 4.78 is 1.89. The van der Waals surface area contributed by atoms with Crippen LogP contribution in [0.2, 0.25) is 0 Å². The maximum absolute atomic E-state index is 12.9. The zero-order valence-corrected chi connectivity index (χ0v) is 13.8. The summed E-state index contributed by atoms with van der Waals surface area (Å²) in [5.74, 6) is -0.110. The van der Waals surface area contributed by atoms with Crippen molar-refractivity contribution in [3.8, 4) is 0 Å². The van der Waals surface area contributed by atoms with E-state index in [0.29, 0.717) is 5.69 Å². The van der Waals surface area contributed by atoms with Crippen LogP contribution in [0.25, 0.3) is 5.65 Å². The first-order valence-electron chi connectivity index (χ1n) is 8.00. The molecule has 0 aliphatic heterocycles. The number of aryl methyl sites for hydroxylation is 3. The van der Waals surface area contributed by atoms with Crippen LogP contribution in [0.1, 0.15) is 41.2 Å². The molecule has 0 aliphatic carbocycles. The van der Waals surface area contributed by atoms with Gasteiger partial charge in [0.2, 0.25) is 0 Å². The van der Waals surface area contributed by atoms with Crippen LogP contribution in [0.3, 0.4) is 0 Å². The maximum atomic E-state index is 12.9. The molecule has 3 aromatic rings. The third kappa shape index (κ3) is 2.84. The van der Waals surface area contributed by atoms with Crippen molar-refractivity contribution in [3.05, 3.63) is 65.1 Å². The third-order valence-electron chi connectivity index (χ3n) is 4.04. The lowest BCUT2D eigenvalue weighted by Crippen LogP contribution is -2.17. The first-order valence-corrected chi connectivity index (χ1v) is 8.00. The summed E-state index contributed by atoms with van der Waals surface area (Å²) in [5, 5.41) is 3.05. The molecule has 1 aromatic carbocycles. The Morgan fingerprint density at radius 3 is 2.65 bits per heavy atom. The molecule has 1 amide bonds. The quantitative estimate of drug-likeness (QED) is 0.791. The van der Waals surface area contributed by atoms with E-state index in [4.69, 9.17) is 0 Å². The number of fused-ring (bicyclic) bond motifs is 1. The van der Waals surface area contributed by atoms with Gasteiger partial charge in [-0.15, -0.1) is 0 Å². The zero-order chi connectivity index (χ0) is 16.4. The van der Waals surface area contributed by atoms with Crippen LogP contribution in [-0.4, -0.2) is 15.3 Å². The lowest BCUT2D eigenvalue weighted by Gasteiger charge is -2.10. The Hall–Kier alpha value is -2.62. The molecule has 4 heteroatoms. The summed E-state index contributed by atoms with van der Waals surface area (Å²) in [5.41, 5.74) is 5.34. The average molecular weight is 307 g/mol. The maximum Gasteiger partial charge on any atom is 0.274 e. The minimum Gasteiger partial charge on any atom is -0.320 e. The molecule has 0 fully saturated rings. The van der Waals surface area contributed by atoms with E-state index in [2.05, 4.69) is 17.2 Å². The van der Waals surface area contributed by atoms with E-state index < -0.39 is 0 Å². The molecule has 0 unspecified atom stereocenters. The number of carbonyl (C=O) groups excluding carboxylic acids is 1. The SMILES string of the molecule is CCc1ccccc1NC(=O)c1c(CC)nc2ccc(C)cn12. The number of imidazole rings is 1. The fourth-order valence-corrected chi connectivity index (χ4v) is 2.82. The molecule has 118 valence electrons. The van der Waals surface area contributed by atoms with Gasteiger partial charge in [0.1, 0.15) is 11.3 Å². The minimum absolute atomic E-state index is 0.110. The van der Waals surface area contributed by atoms with E-state index in [1.807, 2.05) is 60.8 Å². The smallest absolute Gasteiger partial charge is 0.274 e. The van der Waals surface area contributed by atoms with Gasteiger partial charge in [-0.3, -0.25) is 9.20 Å². The summed E-state index contributed by atoms with van der Waals surface area (Å²) in [4.78, 5) is 17.5. The fourth-order valence-electron chi connectivity index (χ4n) is 2.82. The molecule has 2 aromatic heterocycles. The molecule has 3 rings (SSSR count). The van der Waals surface area contributed by atoms with Gasteiger partial charge in [-0.2, -0.15) is 0 Å². The summed E-state index contributed by atoms with van der Waals surface area (Å²) in [7, 11) is 0. The van der Waals surface area contributed by atoms with Crippen LogP contribution in [0.4, 0.5) is 5.69 Å².